The molecule has 4 aromatic rings. The molecule has 0 unspecified atom stereocenters. The Labute approximate surface area is 225 Å². The van der Waals surface area contributed by atoms with E-state index in [0.29, 0.717) is 18.1 Å². The summed E-state index contributed by atoms with van der Waals surface area (Å²) in [6.45, 7) is 6.07. The minimum absolute atomic E-state index is 0.152. The highest BCUT2D eigenvalue weighted by Gasteiger charge is 2.39. The van der Waals surface area contributed by atoms with Gasteiger partial charge in [-0.2, -0.15) is 0 Å². The van der Waals surface area contributed by atoms with E-state index in [4.69, 9.17) is 11.6 Å². The van der Waals surface area contributed by atoms with Gasteiger partial charge in [0.15, 0.2) is 5.16 Å². The maximum absolute atomic E-state index is 13.8. The van der Waals surface area contributed by atoms with Crippen molar-refractivity contribution < 1.29 is 4.79 Å². The smallest absolute Gasteiger partial charge is 0.240 e. The number of carbonyl (C=O) groups is 1. The zero-order valence-corrected chi connectivity index (χ0v) is 23.0. The first-order valence-electron chi connectivity index (χ1n) is 12.0. The van der Waals surface area contributed by atoms with E-state index in [0.717, 1.165) is 35.1 Å². The number of nitrogens with zero attached hydrogens (tertiary/aromatic N) is 4. The second-order valence-electron chi connectivity index (χ2n) is 9.43. The molecule has 8 heteroatoms. The predicted octanol–water partition coefficient (Wildman–Crippen LogP) is 6.36. The van der Waals surface area contributed by atoms with Gasteiger partial charge in [-0.1, -0.05) is 53.7 Å². The van der Waals surface area contributed by atoms with Crippen molar-refractivity contribution in [1.29, 1.82) is 0 Å². The molecule has 36 heavy (non-hydrogen) atoms. The third kappa shape index (κ3) is 5.92. The van der Waals surface area contributed by atoms with Crippen molar-refractivity contribution in [2.75, 3.05) is 13.6 Å². The molecule has 0 bridgehead atoms. The Morgan fingerprint density at radius 3 is 2.64 bits per heavy atom. The van der Waals surface area contributed by atoms with Crippen LogP contribution in [0, 0.1) is 13.8 Å². The zero-order chi connectivity index (χ0) is 25.2. The maximum atomic E-state index is 13.8. The van der Waals surface area contributed by atoms with Crippen molar-refractivity contribution in [2.45, 2.75) is 49.8 Å². The van der Waals surface area contributed by atoms with E-state index in [2.05, 4.69) is 51.3 Å². The summed E-state index contributed by atoms with van der Waals surface area (Å²) in [6, 6.07) is 20.2. The third-order valence-electron chi connectivity index (χ3n) is 6.40. The van der Waals surface area contributed by atoms with Crippen LogP contribution in [0.15, 0.2) is 65.8 Å². The molecule has 1 saturated heterocycles. The Morgan fingerprint density at radius 2 is 1.89 bits per heavy atom. The van der Waals surface area contributed by atoms with E-state index in [1.54, 1.807) is 23.1 Å². The number of aromatic nitrogens is 2. The minimum Gasteiger partial charge on any atom is -0.339 e. The number of carbonyl (C=O) groups excluding carboxylic acids is 1. The Hall–Kier alpha value is -2.45. The van der Waals surface area contributed by atoms with Crippen LogP contribution >= 0.6 is 34.7 Å². The number of amides is 1. The van der Waals surface area contributed by atoms with Gasteiger partial charge in [-0.15, -0.1) is 11.3 Å². The molecule has 1 aliphatic rings. The zero-order valence-electron chi connectivity index (χ0n) is 20.6. The van der Waals surface area contributed by atoms with Gasteiger partial charge in [0.05, 0.1) is 12.6 Å². The van der Waals surface area contributed by atoms with Gasteiger partial charge in [-0.25, -0.2) is 9.97 Å². The van der Waals surface area contributed by atoms with Crippen molar-refractivity contribution >= 4 is 50.7 Å². The van der Waals surface area contributed by atoms with Gasteiger partial charge in [0.2, 0.25) is 5.91 Å². The highest BCUT2D eigenvalue weighted by atomic mass is 35.5. The Kier molecular flexibility index (Phi) is 7.62. The lowest BCUT2D eigenvalue weighted by Gasteiger charge is -2.27. The molecule has 0 spiro atoms. The summed E-state index contributed by atoms with van der Waals surface area (Å²) in [6.07, 6.45) is 0.761. The first-order chi connectivity index (χ1) is 17.3. The first-order valence-corrected chi connectivity index (χ1v) is 14.1. The number of rotatable bonds is 7. The van der Waals surface area contributed by atoms with Gasteiger partial charge in [-0.3, -0.25) is 9.69 Å². The van der Waals surface area contributed by atoms with Crippen molar-refractivity contribution in [3.05, 3.63) is 87.5 Å². The molecule has 3 heterocycles. The lowest BCUT2D eigenvalue weighted by molar-refractivity contribution is -0.135. The van der Waals surface area contributed by atoms with Crippen LogP contribution in [0.5, 0.6) is 0 Å². The largest absolute Gasteiger partial charge is 0.339 e. The van der Waals surface area contributed by atoms with Gasteiger partial charge < -0.3 is 4.90 Å². The maximum Gasteiger partial charge on any atom is 0.240 e. The van der Waals surface area contributed by atoms with Crippen LogP contribution in [0.25, 0.3) is 10.1 Å². The fourth-order valence-electron chi connectivity index (χ4n) is 4.82. The van der Waals surface area contributed by atoms with Crippen LogP contribution < -0.4 is 0 Å². The molecule has 2 atom stereocenters. The van der Waals surface area contributed by atoms with Crippen LogP contribution in [-0.2, 0) is 17.9 Å². The number of likely N-dealkylation sites (N-methyl/N-ethyl adjacent to an activating group) is 1. The molecule has 0 N–H and O–H groups in total. The molecule has 0 radical (unpaired) electrons. The number of hydrogen-bond acceptors (Lipinski definition) is 6. The van der Waals surface area contributed by atoms with E-state index >= 15 is 0 Å². The van der Waals surface area contributed by atoms with E-state index in [-0.39, 0.29) is 17.2 Å². The predicted molar refractivity (Wildman–Crippen MR) is 150 cm³/mol. The highest BCUT2D eigenvalue weighted by molar-refractivity contribution is 7.99. The van der Waals surface area contributed by atoms with Gasteiger partial charge in [-0.05, 0) is 61.5 Å². The summed E-state index contributed by atoms with van der Waals surface area (Å²) in [5.41, 5.74) is 3.05. The number of hydrogen-bond donors (Lipinski definition) is 0. The van der Waals surface area contributed by atoms with E-state index in [9.17, 15) is 4.79 Å². The van der Waals surface area contributed by atoms with E-state index in [1.165, 1.54) is 15.0 Å². The Morgan fingerprint density at radius 1 is 1.11 bits per heavy atom. The number of fused-ring (bicyclic) bond motifs is 1. The van der Waals surface area contributed by atoms with Crippen molar-refractivity contribution in [2.24, 2.45) is 0 Å². The standard InChI is InChI=1S/C28H29ClN4OS2/c1-18-11-19(2)31-28(30-18)36-24-14-25(33(17-24)15-20-7-6-9-22(29)12-20)27(34)32(3)16-23-13-21-8-4-5-10-26(21)35-23/h4-13,24-25H,14-17H2,1-3H3/t24-,25+/m1/s1. The molecule has 0 saturated carbocycles. The average Bonchev–Trinajstić information content (AvgIpc) is 3.41. The molecule has 2 aromatic heterocycles. The lowest BCUT2D eigenvalue weighted by Crippen LogP contribution is -2.43. The normalized spacial score (nSPS) is 18.1. The van der Waals surface area contributed by atoms with Crippen molar-refractivity contribution in [3.63, 3.8) is 0 Å². The number of halogens is 1. The molecule has 2 aromatic carbocycles. The van der Waals surface area contributed by atoms with Gasteiger partial charge in [0.1, 0.15) is 0 Å². The summed E-state index contributed by atoms with van der Waals surface area (Å²) in [5.74, 6) is 0.152. The number of likely N-dealkylation sites (tertiary alicyclic amines) is 1. The van der Waals surface area contributed by atoms with Crippen LogP contribution in [-0.4, -0.2) is 50.6 Å². The molecule has 5 nitrogen and oxygen atoms in total. The first kappa shape index (κ1) is 25.2. The monoisotopic (exact) mass is 536 g/mol. The second kappa shape index (κ2) is 10.9. The van der Waals surface area contributed by atoms with Gasteiger partial charge in [0, 0.05) is 51.4 Å². The summed E-state index contributed by atoms with van der Waals surface area (Å²) in [4.78, 5) is 28.4. The average molecular weight is 537 g/mol. The van der Waals surface area contributed by atoms with Gasteiger partial charge >= 0.3 is 0 Å². The SMILES string of the molecule is Cc1cc(C)nc(S[C@@H]2C[C@@H](C(=O)N(C)Cc3cc4ccccc4s3)N(Cc3cccc(Cl)c3)C2)n1. The molecular formula is C28H29ClN4OS2. The van der Waals surface area contributed by atoms with E-state index in [1.807, 2.05) is 50.1 Å². The number of thioether (sulfide) groups is 1. The molecule has 1 fully saturated rings. The molecule has 5 rings (SSSR count). The molecule has 1 aliphatic heterocycles. The topological polar surface area (TPSA) is 49.3 Å². The van der Waals surface area contributed by atoms with Crippen LogP contribution in [0.3, 0.4) is 0 Å². The molecule has 1 amide bonds. The van der Waals surface area contributed by atoms with Crippen LogP contribution in [0.4, 0.5) is 0 Å². The summed E-state index contributed by atoms with van der Waals surface area (Å²) in [5, 5.41) is 2.96. The molecule has 0 aliphatic carbocycles. The number of benzene rings is 2. The Balaban J connectivity index is 1.34. The highest BCUT2D eigenvalue weighted by Crippen LogP contribution is 2.34. The third-order valence-corrected chi connectivity index (χ3v) is 8.81. The quantitative estimate of drug-likeness (QED) is 0.257. The minimum atomic E-state index is -0.202. The van der Waals surface area contributed by atoms with Crippen molar-refractivity contribution in [1.82, 2.24) is 19.8 Å². The van der Waals surface area contributed by atoms with Gasteiger partial charge in [0.25, 0.3) is 0 Å². The number of aryl methyl sites for hydroxylation is 2. The van der Waals surface area contributed by atoms with Crippen LogP contribution in [0.1, 0.15) is 28.2 Å². The summed E-state index contributed by atoms with van der Waals surface area (Å²) < 4.78 is 1.25. The fourth-order valence-corrected chi connectivity index (χ4v) is 7.39. The Bertz CT molecular complexity index is 1340. The summed E-state index contributed by atoms with van der Waals surface area (Å²) >= 11 is 9.69. The van der Waals surface area contributed by atoms with E-state index < -0.39 is 0 Å². The lowest BCUT2D eigenvalue weighted by atomic mass is 10.1. The second-order valence-corrected chi connectivity index (χ2v) is 12.3. The fraction of sp³-hybridized carbons (Fsp3) is 0.321. The van der Waals surface area contributed by atoms with Crippen LogP contribution in [0.2, 0.25) is 5.02 Å². The number of thiophene rings is 1. The molecule has 186 valence electrons. The van der Waals surface area contributed by atoms with Crippen molar-refractivity contribution in [3.8, 4) is 0 Å². The summed E-state index contributed by atoms with van der Waals surface area (Å²) in [7, 11) is 1.91. The molecular weight excluding hydrogens is 508 g/mol.